The van der Waals surface area contributed by atoms with Gasteiger partial charge in [-0.05, 0) is 279 Å². The number of rotatable bonds is 23. The summed E-state index contributed by atoms with van der Waals surface area (Å²) in [6.07, 6.45) is 0. The van der Waals surface area contributed by atoms with Gasteiger partial charge in [0.2, 0.25) is 0 Å². The van der Waals surface area contributed by atoms with E-state index in [2.05, 4.69) is 504 Å². The van der Waals surface area contributed by atoms with Gasteiger partial charge in [-0.3, -0.25) is 0 Å². The Hall–Kier alpha value is -13.0. The topological polar surface area (TPSA) is 40.7 Å². The lowest BCUT2D eigenvalue weighted by molar-refractivity contribution is 0.482. The summed E-state index contributed by atoms with van der Waals surface area (Å²) in [5, 5.41) is 0. The second-order valence-electron chi connectivity index (χ2n) is 28.7. The van der Waals surface area contributed by atoms with Gasteiger partial charge in [0.1, 0.15) is 11.5 Å². The van der Waals surface area contributed by atoms with E-state index in [0.29, 0.717) is 0 Å². The van der Waals surface area contributed by atoms with Crippen LogP contribution in [-0.2, 0) is 66.2 Å². The Labute approximate surface area is 795 Å². The lowest BCUT2D eigenvalue weighted by Gasteiger charge is -2.10. The fraction of sp³-hybridized carbons (Fsp3) is 0. The molecule has 0 aliphatic heterocycles. The van der Waals surface area contributed by atoms with Gasteiger partial charge in [-0.2, -0.15) is 0 Å². The summed E-state index contributed by atoms with van der Waals surface area (Å²) < 4.78 is 6.28. The molecule has 130 heavy (non-hydrogen) atoms. The number of ether oxygens (including phenoxy) is 1. The molecule has 0 heterocycles. The summed E-state index contributed by atoms with van der Waals surface area (Å²) in [6, 6.07) is 207. The molecule has 0 saturated heterocycles. The van der Waals surface area contributed by atoms with E-state index in [1.807, 2.05) is 96.7 Å². The van der Waals surface area contributed by atoms with Crippen molar-refractivity contribution in [3.8, 4) is 11.5 Å². The van der Waals surface area contributed by atoms with E-state index in [1.54, 1.807) is 11.8 Å². The number of benzene rings is 20. The Morgan fingerprint density at radius 1 is 0.131 bits per heavy atom. The minimum atomic E-state index is -0.169. The summed E-state index contributed by atoms with van der Waals surface area (Å²) in [5.41, 5.74) is 0. The van der Waals surface area contributed by atoms with Gasteiger partial charge in [-0.1, -0.05) is 333 Å². The fourth-order valence-corrected chi connectivity index (χ4v) is 26.7. The van der Waals surface area contributed by atoms with Crippen molar-refractivity contribution < 1.29 is 10.2 Å². The largest absolute Gasteiger partial charge is 0.457 e. The summed E-state index contributed by atoms with van der Waals surface area (Å²) >= 11 is 4.90. The van der Waals surface area contributed by atoms with E-state index in [4.69, 9.17) is 4.74 Å². The van der Waals surface area contributed by atoms with Gasteiger partial charge in [-0.25, -0.2) is 0 Å². The summed E-state index contributed by atoms with van der Waals surface area (Å²) in [6.45, 7) is 0. The maximum absolute atomic E-state index is 6.28. The van der Waals surface area contributed by atoms with E-state index >= 15 is 0 Å². The molecule has 634 valence electrons. The molecule has 0 amide bonds. The van der Waals surface area contributed by atoms with Crippen molar-refractivity contribution in [2.24, 2.45) is 0 Å². The first kappa shape index (κ1) is 93.1. The molecule has 0 saturated carbocycles. The van der Waals surface area contributed by atoms with Gasteiger partial charge in [-0.15, -0.1) is 0 Å². The van der Waals surface area contributed by atoms with E-state index in [-0.39, 0.29) is 60.0 Å². The monoisotopic (exact) mass is 1830 g/mol. The highest BCUT2D eigenvalue weighted by Gasteiger charge is 2.34. The molecule has 0 aliphatic carbocycles. The Morgan fingerprint density at radius 3 is 0.423 bits per heavy atom. The maximum Gasteiger partial charge on any atom is 0.166 e. The van der Waals surface area contributed by atoms with E-state index < -0.39 is 0 Å². The quantitative estimate of drug-likeness (QED) is 0.0473. The van der Waals surface area contributed by atoms with Crippen LogP contribution in [0.4, 0.5) is 0 Å². The van der Waals surface area contributed by atoms with Gasteiger partial charge in [0.15, 0.2) is 83.2 Å². The van der Waals surface area contributed by atoms with Crippen molar-refractivity contribution in [2.75, 3.05) is 0 Å². The summed E-state index contributed by atoms with van der Waals surface area (Å²) in [7, 11) is -0.662. The van der Waals surface area contributed by atoms with Gasteiger partial charge < -0.3 is 10.2 Å². The highest BCUT2D eigenvalue weighted by atomic mass is 32.2. The molecule has 0 aliphatic rings. The van der Waals surface area contributed by atoms with E-state index in [1.165, 1.54) is 115 Å². The van der Waals surface area contributed by atoms with Crippen molar-refractivity contribution in [3.05, 3.63) is 588 Å². The molecular weight excluding hydrogens is 1730 g/mol. The Balaban J connectivity index is 0.000000139. The third-order valence-electron chi connectivity index (χ3n) is 19.6. The van der Waals surface area contributed by atoms with Crippen molar-refractivity contribution in [1.82, 2.24) is 0 Å². The number of thiol groups is 1. The summed E-state index contributed by atoms with van der Waals surface area (Å²) in [4.78, 5) is 27.6. The minimum Gasteiger partial charge on any atom is -0.457 e. The molecule has 0 unspecified atom stereocenters. The van der Waals surface area contributed by atoms with Gasteiger partial charge >= 0.3 is 0 Å². The molecule has 0 spiro atoms. The zero-order valence-corrected chi connectivity index (χ0v) is 78.3. The van der Waals surface area contributed by atoms with Gasteiger partial charge in [0.05, 0.1) is 54.5 Å². The Morgan fingerprint density at radius 2 is 0.254 bits per heavy atom. The number of hydrogen-bond donors (Lipinski definition) is 0. The standard InChI is InChI=1S/C36H28OS2.C36H28S3.C24H19S2.C12H10S.2C6H6.H2O/c2*1-5-13-31(14-6-1)38(32-15-7-2-8-16-32)35-25-21-29(22-26-35)37-30-23-27-36(28-24-30)39(33-17-9-3-10-18-33)34-19-11-4-12-20-34;1-4-10-20(11-5-1)25-21-16-18-24(19-17-21)26(22-12-6-2-7-13-22)23-14-8-3-9-15-23;1-3-7-11(8-4-1)13-12-9-5-2-6-10-12;2*1-2-4-6-5-3-1;/h2*1-28H;1-19H;1-10H;2*1-6H;1H2/q2*+2;+1;;;;/p+1. The average Bonchev–Trinajstić information content (AvgIpc) is 0.828. The molecule has 2 nitrogen and oxygen atoms in total. The molecule has 2 N–H and O–H groups in total. The molecule has 0 radical (unpaired) electrons. The first-order valence-electron chi connectivity index (χ1n) is 42.7. The molecule has 0 fully saturated rings. The summed E-state index contributed by atoms with van der Waals surface area (Å²) in [5.74, 6) is 1.67. The second-order valence-corrected chi connectivity index (χ2v) is 42.4. The molecular formula is C120H100O2S8+6. The molecule has 0 aromatic heterocycles. The highest BCUT2D eigenvalue weighted by Crippen LogP contribution is 2.40. The minimum absolute atomic E-state index is 0. The average molecular weight is 1830 g/mol. The van der Waals surface area contributed by atoms with E-state index in [0.717, 1.165) is 11.5 Å². The highest BCUT2D eigenvalue weighted by molar-refractivity contribution is 8.00. The zero-order chi connectivity index (χ0) is 87.6. The molecule has 10 heteroatoms. The molecule has 20 rings (SSSR count). The van der Waals surface area contributed by atoms with Crippen LogP contribution in [0.15, 0.2) is 691 Å². The smallest absolute Gasteiger partial charge is 0.166 e. The Bertz CT molecular complexity index is 5620. The normalized spacial score (nSPS) is 10.5. The van der Waals surface area contributed by atoms with Crippen LogP contribution in [0.5, 0.6) is 11.5 Å². The van der Waals surface area contributed by atoms with Crippen LogP contribution in [0.3, 0.4) is 0 Å². The van der Waals surface area contributed by atoms with Crippen LogP contribution in [0, 0.1) is 0 Å². The zero-order valence-electron chi connectivity index (χ0n) is 71.7. The molecule has 20 aromatic rings. The SMILES string of the molecule is O.c1ccc(Sc2ccc([S+](c3ccccc3)c3ccccc3)cc2)cc1.c1ccc([S+](c2ccccc2)c2ccc(Oc3ccc([S+](c4ccccc4)c4ccccc4)cc3)cc2)cc1.c1ccc([S+](c2ccccc2)c2ccc(Sc3ccc([S+](c4ccccc4)c4ccccc4)cc3)cc2)cc1.c1ccc([SH+]c2ccccc2)cc1.c1ccccc1.c1ccccc1. The first-order chi connectivity index (χ1) is 64.0. The van der Waals surface area contributed by atoms with Crippen molar-refractivity contribution in [3.63, 3.8) is 0 Å². The molecule has 20 aromatic carbocycles. The van der Waals surface area contributed by atoms with Crippen LogP contribution in [0.2, 0.25) is 0 Å². The van der Waals surface area contributed by atoms with Crippen LogP contribution in [0.1, 0.15) is 0 Å². The first-order valence-corrected chi connectivity index (χ1v) is 51.3. The van der Waals surface area contributed by atoms with Gasteiger partial charge in [0, 0.05) is 31.3 Å². The molecule has 0 atom stereocenters. The van der Waals surface area contributed by atoms with Crippen molar-refractivity contribution >= 4 is 89.8 Å². The lowest BCUT2D eigenvalue weighted by atomic mass is 10.3. The predicted molar refractivity (Wildman–Crippen MR) is 557 cm³/mol. The second kappa shape index (κ2) is 51.8. The van der Waals surface area contributed by atoms with Crippen molar-refractivity contribution in [2.45, 2.75) is 103 Å². The lowest BCUT2D eigenvalue weighted by Crippen LogP contribution is -2.04. The maximum atomic E-state index is 6.28. The van der Waals surface area contributed by atoms with Crippen LogP contribution in [0.25, 0.3) is 0 Å². The third-order valence-corrected chi connectivity index (χ3v) is 33.9. The van der Waals surface area contributed by atoms with Crippen LogP contribution in [-0.4, -0.2) is 5.48 Å². The van der Waals surface area contributed by atoms with Gasteiger partial charge in [0.25, 0.3) is 0 Å². The Kier molecular flexibility index (Phi) is 37.1. The fourth-order valence-electron chi connectivity index (χ4n) is 13.6. The van der Waals surface area contributed by atoms with Crippen LogP contribution >= 0.6 is 23.5 Å². The van der Waals surface area contributed by atoms with Crippen molar-refractivity contribution in [1.29, 1.82) is 0 Å². The van der Waals surface area contributed by atoms with E-state index in [9.17, 15) is 0 Å². The third kappa shape index (κ3) is 28.5. The predicted octanol–water partition coefficient (Wildman–Crippen LogP) is 32.1. The number of hydrogen-bond acceptors (Lipinski definition) is 3. The van der Waals surface area contributed by atoms with Crippen LogP contribution < -0.4 is 4.74 Å². The molecule has 0 bridgehead atoms.